The number of carbonyl (C=O) groups excluding carboxylic acids is 1. The first-order valence-electron chi connectivity index (χ1n) is 6.96. The summed E-state index contributed by atoms with van der Waals surface area (Å²) in [5.74, 6) is 0.515. The lowest BCUT2D eigenvalue weighted by molar-refractivity contribution is -0.121. The summed E-state index contributed by atoms with van der Waals surface area (Å²) in [5, 5.41) is 6.20. The number of nitrogens with one attached hydrogen (secondary N) is 2. The maximum absolute atomic E-state index is 12.7. The van der Waals surface area contributed by atoms with Gasteiger partial charge in [0.25, 0.3) is 0 Å². The normalized spacial score (nSPS) is 15.4. The summed E-state index contributed by atoms with van der Waals surface area (Å²) in [6, 6.07) is 6.22. The van der Waals surface area contributed by atoms with Crippen LogP contribution in [-0.2, 0) is 11.3 Å². The van der Waals surface area contributed by atoms with Crippen LogP contribution in [0.25, 0.3) is 0 Å². The van der Waals surface area contributed by atoms with Crippen LogP contribution in [0.4, 0.5) is 4.39 Å². The molecule has 0 spiro atoms. The van der Waals surface area contributed by atoms with Gasteiger partial charge < -0.3 is 10.6 Å². The molecule has 1 fully saturated rings. The van der Waals surface area contributed by atoms with Crippen molar-refractivity contribution in [1.82, 2.24) is 10.6 Å². The van der Waals surface area contributed by atoms with Crippen molar-refractivity contribution in [1.29, 1.82) is 0 Å². The molecular formula is C15H22ClFN2O. The van der Waals surface area contributed by atoms with Gasteiger partial charge in [0, 0.05) is 13.0 Å². The zero-order valence-electron chi connectivity index (χ0n) is 11.5. The quantitative estimate of drug-likeness (QED) is 0.878. The molecule has 1 aliphatic rings. The molecule has 0 atom stereocenters. The van der Waals surface area contributed by atoms with E-state index in [1.165, 1.54) is 25.0 Å². The van der Waals surface area contributed by atoms with Crippen molar-refractivity contribution in [2.45, 2.75) is 32.2 Å². The molecule has 0 aromatic heterocycles. The van der Waals surface area contributed by atoms with E-state index in [9.17, 15) is 9.18 Å². The highest BCUT2D eigenvalue weighted by atomic mass is 35.5. The molecule has 2 N–H and O–H groups in total. The summed E-state index contributed by atoms with van der Waals surface area (Å²) in [4.78, 5) is 11.7. The summed E-state index contributed by atoms with van der Waals surface area (Å²) in [6.45, 7) is 2.62. The van der Waals surface area contributed by atoms with Crippen LogP contribution in [0.2, 0.25) is 0 Å². The van der Waals surface area contributed by atoms with Gasteiger partial charge in [-0.1, -0.05) is 12.1 Å². The van der Waals surface area contributed by atoms with Crippen LogP contribution in [0, 0.1) is 11.7 Å². The van der Waals surface area contributed by atoms with Gasteiger partial charge >= 0.3 is 0 Å². The van der Waals surface area contributed by atoms with Crippen molar-refractivity contribution >= 4 is 18.3 Å². The summed E-state index contributed by atoms with van der Waals surface area (Å²) in [7, 11) is 0. The van der Waals surface area contributed by atoms with Gasteiger partial charge in [-0.2, -0.15) is 0 Å². The molecule has 0 radical (unpaired) electrons. The maximum atomic E-state index is 12.7. The zero-order chi connectivity index (χ0) is 13.5. The second-order valence-corrected chi connectivity index (χ2v) is 5.14. The van der Waals surface area contributed by atoms with Crippen LogP contribution in [0.15, 0.2) is 24.3 Å². The Morgan fingerprint density at radius 3 is 2.55 bits per heavy atom. The highest BCUT2D eigenvalue weighted by molar-refractivity contribution is 5.85. The van der Waals surface area contributed by atoms with Crippen LogP contribution in [-0.4, -0.2) is 19.0 Å². The Hall–Kier alpha value is -1.13. The number of amides is 1. The topological polar surface area (TPSA) is 41.1 Å². The molecule has 1 aromatic rings. The fraction of sp³-hybridized carbons (Fsp3) is 0.533. The molecule has 0 bridgehead atoms. The second kappa shape index (κ2) is 8.93. The van der Waals surface area contributed by atoms with Crippen LogP contribution in [0.5, 0.6) is 0 Å². The highest BCUT2D eigenvalue weighted by Crippen LogP contribution is 2.17. The standard InChI is InChI=1S/C15H21FN2O.ClH/c16-14-4-1-13(2-5-14)11-18-15(19)6-3-12-7-9-17-10-8-12;/h1-2,4-5,12,17H,3,6-11H2,(H,18,19);1H. The van der Waals surface area contributed by atoms with E-state index in [-0.39, 0.29) is 24.1 Å². The number of piperidine rings is 1. The summed E-state index contributed by atoms with van der Waals surface area (Å²) in [6.07, 6.45) is 3.90. The zero-order valence-corrected chi connectivity index (χ0v) is 12.3. The van der Waals surface area contributed by atoms with E-state index in [2.05, 4.69) is 10.6 Å². The molecule has 1 aromatic carbocycles. The number of halogens is 2. The fourth-order valence-electron chi connectivity index (χ4n) is 2.40. The van der Waals surface area contributed by atoms with Crippen molar-refractivity contribution in [2.24, 2.45) is 5.92 Å². The van der Waals surface area contributed by atoms with Crippen LogP contribution in [0.1, 0.15) is 31.2 Å². The van der Waals surface area contributed by atoms with Gasteiger partial charge in [-0.05, 0) is 56.0 Å². The minimum absolute atomic E-state index is 0. The molecule has 2 rings (SSSR count). The van der Waals surface area contributed by atoms with Gasteiger partial charge in [-0.3, -0.25) is 4.79 Å². The third kappa shape index (κ3) is 5.88. The van der Waals surface area contributed by atoms with E-state index in [4.69, 9.17) is 0 Å². The highest BCUT2D eigenvalue weighted by Gasteiger charge is 2.14. The molecule has 0 unspecified atom stereocenters. The Morgan fingerprint density at radius 1 is 1.25 bits per heavy atom. The molecule has 1 amide bonds. The second-order valence-electron chi connectivity index (χ2n) is 5.14. The summed E-state index contributed by atoms with van der Waals surface area (Å²) < 4.78 is 12.7. The molecular weight excluding hydrogens is 279 g/mol. The predicted octanol–water partition coefficient (Wildman–Crippen LogP) is 2.64. The Kier molecular flexibility index (Phi) is 7.55. The SMILES string of the molecule is Cl.O=C(CCC1CCNCC1)NCc1ccc(F)cc1. The first kappa shape index (κ1) is 16.9. The van der Waals surface area contributed by atoms with Crippen molar-refractivity contribution in [3.05, 3.63) is 35.6 Å². The van der Waals surface area contributed by atoms with Crippen molar-refractivity contribution in [3.8, 4) is 0 Å². The van der Waals surface area contributed by atoms with Crippen LogP contribution < -0.4 is 10.6 Å². The predicted molar refractivity (Wildman–Crippen MR) is 80.3 cm³/mol. The minimum atomic E-state index is -0.249. The minimum Gasteiger partial charge on any atom is -0.352 e. The molecule has 20 heavy (non-hydrogen) atoms. The van der Waals surface area contributed by atoms with Gasteiger partial charge in [-0.25, -0.2) is 4.39 Å². The van der Waals surface area contributed by atoms with Gasteiger partial charge in [0.1, 0.15) is 5.82 Å². The third-order valence-corrected chi connectivity index (χ3v) is 3.64. The summed E-state index contributed by atoms with van der Waals surface area (Å²) in [5.41, 5.74) is 0.927. The largest absolute Gasteiger partial charge is 0.352 e. The molecule has 0 aliphatic carbocycles. The first-order chi connectivity index (χ1) is 9.24. The van der Waals surface area contributed by atoms with Crippen LogP contribution in [0.3, 0.4) is 0 Å². The first-order valence-corrected chi connectivity index (χ1v) is 6.96. The molecule has 1 aliphatic heterocycles. The van der Waals surface area contributed by atoms with Crippen LogP contribution >= 0.6 is 12.4 Å². The average Bonchev–Trinajstić information content (AvgIpc) is 2.45. The van der Waals surface area contributed by atoms with Gasteiger partial charge in [0.05, 0.1) is 0 Å². The number of hydrogen-bond donors (Lipinski definition) is 2. The van der Waals surface area contributed by atoms with E-state index >= 15 is 0 Å². The smallest absolute Gasteiger partial charge is 0.220 e. The molecule has 112 valence electrons. The lowest BCUT2D eigenvalue weighted by atomic mass is 9.93. The monoisotopic (exact) mass is 300 g/mol. The number of carbonyl (C=O) groups is 1. The van der Waals surface area contributed by atoms with E-state index in [1.807, 2.05) is 0 Å². The van der Waals surface area contributed by atoms with Crippen molar-refractivity contribution in [2.75, 3.05) is 13.1 Å². The number of benzene rings is 1. The molecule has 1 saturated heterocycles. The Balaban J connectivity index is 0.00000200. The van der Waals surface area contributed by atoms with Gasteiger partial charge in [0.2, 0.25) is 5.91 Å². The lowest BCUT2D eigenvalue weighted by Crippen LogP contribution is -2.29. The molecule has 0 saturated carbocycles. The van der Waals surface area contributed by atoms with Crippen molar-refractivity contribution < 1.29 is 9.18 Å². The Bertz CT molecular complexity index is 405. The van der Waals surface area contributed by atoms with Gasteiger partial charge in [-0.15, -0.1) is 12.4 Å². The van der Waals surface area contributed by atoms with Crippen molar-refractivity contribution in [3.63, 3.8) is 0 Å². The summed E-state index contributed by atoms with van der Waals surface area (Å²) >= 11 is 0. The third-order valence-electron chi connectivity index (χ3n) is 3.64. The maximum Gasteiger partial charge on any atom is 0.220 e. The number of hydrogen-bond acceptors (Lipinski definition) is 2. The molecule has 5 heteroatoms. The van der Waals surface area contributed by atoms with E-state index in [1.54, 1.807) is 12.1 Å². The lowest BCUT2D eigenvalue weighted by Gasteiger charge is -2.22. The average molecular weight is 301 g/mol. The van der Waals surface area contributed by atoms with E-state index in [0.717, 1.165) is 25.1 Å². The molecule has 3 nitrogen and oxygen atoms in total. The van der Waals surface area contributed by atoms with Gasteiger partial charge in [0.15, 0.2) is 0 Å². The fourth-order valence-corrected chi connectivity index (χ4v) is 2.40. The van der Waals surface area contributed by atoms with E-state index in [0.29, 0.717) is 18.9 Å². The van der Waals surface area contributed by atoms with E-state index < -0.39 is 0 Å². The molecule has 1 heterocycles. The number of rotatable bonds is 5. The Labute approximate surface area is 125 Å². The Morgan fingerprint density at radius 2 is 1.90 bits per heavy atom.